The van der Waals surface area contributed by atoms with E-state index in [0.717, 1.165) is 22.4 Å². The highest BCUT2D eigenvalue weighted by molar-refractivity contribution is 8.19. The number of hydrogen-bond acceptors (Lipinski definition) is 5. The van der Waals surface area contributed by atoms with Crippen LogP contribution in [0.1, 0.15) is 37.0 Å². The van der Waals surface area contributed by atoms with Crippen LogP contribution in [0.4, 0.5) is 4.79 Å². The molecule has 2 atom stereocenters. The number of cyclic esters (lactones) is 1. The zero-order valence-corrected chi connectivity index (χ0v) is 23.0. The summed E-state index contributed by atoms with van der Waals surface area (Å²) in [6.07, 6.45) is 2.46. The average molecular weight is 530 g/mol. The third-order valence-corrected chi connectivity index (χ3v) is 10.7. The molecule has 0 bridgehead atoms. The van der Waals surface area contributed by atoms with Crippen LogP contribution in [0.5, 0.6) is 0 Å². The molecular formula is C31H31NO3S2. The largest absolute Gasteiger partial charge is 0.430 e. The quantitative estimate of drug-likeness (QED) is 0.320. The standard InChI is InChI=1S/C31H31NO3S2/c1-22-20-30(36-3,37-21-23(22)2)28(33)32-27(19-24-13-7-4-8-14-24)31(35-29(32)34,25-15-9-5-10-16-25)26-17-11-6-12-18-26/h4-18,27H,19-21H2,1-3H3/t27-,30+/m1/s1. The molecule has 3 aromatic carbocycles. The van der Waals surface area contributed by atoms with E-state index >= 15 is 0 Å². The third kappa shape index (κ3) is 4.51. The molecule has 0 spiro atoms. The zero-order valence-electron chi connectivity index (χ0n) is 21.3. The molecule has 5 rings (SSSR count). The second-order valence-electron chi connectivity index (χ2n) is 9.70. The minimum atomic E-state index is -1.13. The fourth-order valence-electron chi connectivity index (χ4n) is 5.34. The molecule has 2 amide bonds. The second-order valence-corrected chi connectivity index (χ2v) is 12.3. The summed E-state index contributed by atoms with van der Waals surface area (Å²) in [5.41, 5.74) is 4.13. The monoisotopic (exact) mass is 529 g/mol. The fourth-order valence-corrected chi connectivity index (χ4v) is 7.86. The second kappa shape index (κ2) is 10.4. The average Bonchev–Trinajstić information content (AvgIpc) is 3.23. The van der Waals surface area contributed by atoms with Crippen LogP contribution in [-0.2, 0) is 21.6 Å². The topological polar surface area (TPSA) is 46.6 Å². The van der Waals surface area contributed by atoms with Gasteiger partial charge in [0.05, 0.1) is 6.04 Å². The Morgan fingerprint density at radius 3 is 1.97 bits per heavy atom. The highest BCUT2D eigenvalue weighted by Crippen LogP contribution is 2.52. The van der Waals surface area contributed by atoms with Crippen molar-refractivity contribution in [3.8, 4) is 0 Å². The molecule has 6 heteroatoms. The van der Waals surface area contributed by atoms with Crippen molar-refractivity contribution in [2.75, 3.05) is 12.0 Å². The lowest BCUT2D eigenvalue weighted by molar-refractivity contribution is -0.129. The lowest BCUT2D eigenvalue weighted by atomic mass is 9.77. The molecule has 1 fully saturated rings. The number of rotatable bonds is 6. The first kappa shape index (κ1) is 25.7. The smallest absolute Gasteiger partial charge is 0.418 e. The number of imide groups is 1. The molecule has 0 aliphatic carbocycles. The molecule has 2 aliphatic rings. The predicted molar refractivity (Wildman–Crippen MR) is 153 cm³/mol. The van der Waals surface area contributed by atoms with Crippen molar-refractivity contribution in [2.24, 2.45) is 0 Å². The van der Waals surface area contributed by atoms with Gasteiger partial charge in [0.15, 0.2) is 5.60 Å². The van der Waals surface area contributed by atoms with Crippen molar-refractivity contribution >= 4 is 35.5 Å². The molecule has 0 aromatic heterocycles. The number of allylic oxidation sites excluding steroid dienone is 1. The molecule has 0 N–H and O–H groups in total. The summed E-state index contributed by atoms with van der Waals surface area (Å²) in [5.74, 6) is 0.587. The van der Waals surface area contributed by atoms with Crippen LogP contribution in [0.15, 0.2) is 102 Å². The Bertz CT molecular complexity index is 1270. The van der Waals surface area contributed by atoms with E-state index in [1.165, 1.54) is 27.8 Å². The van der Waals surface area contributed by atoms with Crippen molar-refractivity contribution in [3.63, 3.8) is 0 Å². The van der Waals surface area contributed by atoms with E-state index in [-0.39, 0.29) is 5.91 Å². The maximum absolute atomic E-state index is 14.5. The van der Waals surface area contributed by atoms with Gasteiger partial charge in [0.1, 0.15) is 4.08 Å². The molecule has 2 aliphatic heterocycles. The van der Waals surface area contributed by atoms with Gasteiger partial charge in [0, 0.05) is 23.3 Å². The van der Waals surface area contributed by atoms with E-state index in [2.05, 4.69) is 13.8 Å². The van der Waals surface area contributed by atoms with Crippen molar-refractivity contribution in [2.45, 2.75) is 42.4 Å². The van der Waals surface area contributed by atoms with Crippen molar-refractivity contribution in [1.29, 1.82) is 0 Å². The maximum atomic E-state index is 14.5. The summed E-state index contributed by atoms with van der Waals surface area (Å²) in [4.78, 5) is 29.8. The lowest BCUT2D eigenvalue weighted by Crippen LogP contribution is -2.54. The Kier molecular flexibility index (Phi) is 7.24. The highest BCUT2D eigenvalue weighted by atomic mass is 32.2. The van der Waals surface area contributed by atoms with Gasteiger partial charge in [-0.25, -0.2) is 9.69 Å². The summed E-state index contributed by atoms with van der Waals surface area (Å²) in [6.45, 7) is 4.21. The van der Waals surface area contributed by atoms with E-state index in [4.69, 9.17) is 4.74 Å². The summed E-state index contributed by atoms with van der Waals surface area (Å²) in [7, 11) is 0. The van der Waals surface area contributed by atoms with Crippen LogP contribution >= 0.6 is 23.5 Å². The van der Waals surface area contributed by atoms with Crippen molar-refractivity contribution in [3.05, 3.63) is 119 Å². The molecule has 0 unspecified atom stereocenters. The predicted octanol–water partition coefficient (Wildman–Crippen LogP) is 7.05. The van der Waals surface area contributed by atoms with Crippen LogP contribution in [0.3, 0.4) is 0 Å². The van der Waals surface area contributed by atoms with Gasteiger partial charge in [-0.1, -0.05) is 102 Å². The van der Waals surface area contributed by atoms with E-state index in [1.807, 2.05) is 97.3 Å². The van der Waals surface area contributed by atoms with Crippen LogP contribution < -0.4 is 0 Å². The Hall–Kier alpha value is -2.96. The van der Waals surface area contributed by atoms with Crippen LogP contribution in [0.2, 0.25) is 0 Å². The first-order valence-electron chi connectivity index (χ1n) is 12.5. The summed E-state index contributed by atoms with van der Waals surface area (Å²) in [5, 5.41) is 0. The number of benzene rings is 3. The Labute approximate surface area is 227 Å². The number of carbonyl (C=O) groups excluding carboxylic acids is 2. The van der Waals surface area contributed by atoms with Gasteiger partial charge >= 0.3 is 6.09 Å². The van der Waals surface area contributed by atoms with Crippen molar-refractivity contribution in [1.82, 2.24) is 4.90 Å². The molecule has 2 heterocycles. The molecule has 4 nitrogen and oxygen atoms in total. The number of amides is 2. The van der Waals surface area contributed by atoms with E-state index in [1.54, 1.807) is 11.8 Å². The fraction of sp³-hybridized carbons (Fsp3) is 0.290. The normalized spacial score (nSPS) is 23.2. The first-order valence-corrected chi connectivity index (χ1v) is 14.7. The Balaban J connectivity index is 1.69. The van der Waals surface area contributed by atoms with Gasteiger partial charge < -0.3 is 4.74 Å². The third-order valence-electron chi connectivity index (χ3n) is 7.53. The molecular weight excluding hydrogens is 498 g/mol. The number of carbonyl (C=O) groups is 2. The van der Waals surface area contributed by atoms with Gasteiger partial charge in [-0.3, -0.25) is 4.79 Å². The molecule has 37 heavy (non-hydrogen) atoms. The summed E-state index contributed by atoms with van der Waals surface area (Å²) in [6, 6.07) is 29.2. The highest BCUT2D eigenvalue weighted by Gasteiger charge is 2.61. The van der Waals surface area contributed by atoms with Gasteiger partial charge in [-0.15, -0.1) is 23.5 Å². The molecule has 190 valence electrons. The number of thioether (sulfide) groups is 2. The van der Waals surface area contributed by atoms with Crippen LogP contribution in [0, 0.1) is 0 Å². The molecule has 1 saturated heterocycles. The SMILES string of the molecule is CS[C@@]1(C(=O)N2C(=O)OC(c3ccccc3)(c3ccccc3)[C@H]2Cc2ccccc2)CC(C)=C(C)CS1. The van der Waals surface area contributed by atoms with Crippen LogP contribution in [0.25, 0.3) is 0 Å². The molecule has 0 radical (unpaired) electrons. The van der Waals surface area contributed by atoms with Gasteiger partial charge in [0.2, 0.25) is 0 Å². The first-order chi connectivity index (χ1) is 17.9. The maximum Gasteiger partial charge on any atom is 0.418 e. The Morgan fingerprint density at radius 1 is 0.919 bits per heavy atom. The van der Waals surface area contributed by atoms with Gasteiger partial charge in [-0.2, -0.15) is 0 Å². The number of ether oxygens (including phenoxy) is 1. The summed E-state index contributed by atoms with van der Waals surface area (Å²) >= 11 is 3.15. The van der Waals surface area contributed by atoms with E-state index in [0.29, 0.717) is 12.8 Å². The number of nitrogens with zero attached hydrogens (tertiary/aromatic N) is 1. The zero-order chi connectivity index (χ0) is 26.0. The van der Waals surface area contributed by atoms with E-state index < -0.39 is 21.8 Å². The van der Waals surface area contributed by atoms with Gasteiger partial charge in [-0.05, 0) is 32.1 Å². The summed E-state index contributed by atoms with van der Waals surface area (Å²) < 4.78 is 5.63. The lowest BCUT2D eigenvalue weighted by Gasteiger charge is -2.40. The number of hydrogen-bond donors (Lipinski definition) is 0. The molecule has 3 aromatic rings. The molecule has 0 saturated carbocycles. The minimum absolute atomic E-state index is 0.184. The van der Waals surface area contributed by atoms with Crippen LogP contribution in [-0.4, -0.2) is 39.0 Å². The van der Waals surface area contributed by atoms with Crippen molar-refractivity contribution < 1.29 is 14.3 Å². The Morgan fingerprint density at radius 2 is 1.46 bits per heavy atom. The van der Waals surface area contributed by atoms with E-state index in [9.17, 15) is 9.59 Å². The minimum Gasteiger partial charge on any atom is -0.430 e. The van der Waals surface area contributed by atoms with Gasteiger partial charge in [0.25, 0.3) is 5.91 Å².